The molecule has 0 spiro atoms. The SMILES string of the molecule is CCCCNC(=O)[C@H]1CC[C@H](C)N(CC(=O)Nc2ccc(OC)cc2)C1. The Morgan fingerprint density at radius 2 is 1.96 bits per heavy atom. The van der Waals surface area contributed by atoms with Gasteiger partial charge < -0.3 is 15.4 Å². The van der Waals surface area contributed by atoms with Gasteiger partial charge in [-0.25, -0.2) is 0 Å². The Labute approximate surface area is 156 Å². The summed E-state index contributed by atoms with van der Waals surface area (Å²) >= 11 is 0. The number of methoxy groups -OCH3 is 1. The van der Waals surface area contributed by atoms with Gasteiger partial charge in [0.05, 0.1) is 19.6 Å². The first-order chi connectivity index (χ1) is 12.5. The lowest BCUT2D eigenvalue weighted by atomic mass is 9.92. The van der Waals surface area contributed by atoms with Crippen molar-refractivity contribution >= 4 is 17.5 Å². The number of nitrogens with one attached hydrogen (secondary N) is 2. The highest BCUT2D eigenvalue weighted by atomic mass is 16.5. The van der Waals surface area contributed by atoms with Crippen LogP contribution in [0.3, 0.4) is 0 Å². The first-order valence-corrected chi connectivity index (χ1v) is 9.49. The highest BCUT2D eigenvalue weighted by Gasteiger charge is 2.30. The van der Waals surface area contributed by atoms with Crippen LogP contribution in [0.25, 0.3) is 0 Å². The zero-order valence-corrected chi connectivity index (χ0v) is 16.1. The minimum absolute atomic E-state index is 0.0307. The van der Waals surface area contributed by atoms with E-state index in [1.54, 1.807) is 7.11 Å². The summed E-state index contributed by atoms with van der Waals surface area (Å²) < 4.78 is 5.12. The predicted octanol–water partition coefficient (Wildman–Crippen LogP) is 2.65. The quantitative estimate of drug-likeness (QED) is 0.699. The molecule has 1 aromatic carbocycles. The molecule has 144 valence electrons. The van der Waals surface area contributed by atoms with Gasteiger partial charge in [-0.3, -0.25) is 14.5 Å². The van der Waals surface area contributed by atoms with Crippen LogP contribution >= 0.6 is 0 Å². The van der Waals surface area contributed by atoms with Crippen LogP contribution in [0, 0.1) is 5.92 Å². The Morgan fingerprint density at radius 3 is 2.62 bits per heavy atom. The van der Waals surface area contributed by atoms with E-state index < -0.39 is 0 Å². The molecule has 2 amide bonds. The van der Waals surface area contributed by atoms with Crippen molar-refractivity contribution in [2.45, 2.75) is 45.6 Å². The smallest absolute Gasteiger partial charge is 0.238 e. The van der Waals surface area contributed by atoms with E-state index in [4.69, 9.17) is 4.74 Å². The number of piperidine rings is 1. The fourth-order valence-electron chi connectivity index (χ4n) is 3.21. The number of carbonyl (C=O) groups excluding carboxylic acids is 2. The van der Waals surface area contributed by atoms with Gasteiger partial charge in [0.15, 0.2) is 0 Å². The molecule has 1 heterocycles. The summed E-state index contributed by atoms with van der Waals surface area (Å²) in [4.78, 5) is 26.8. The van der Waals surface area contributed by atoms with Gasteiger partial charge in [0.25, 0.3) is 0 Å². The maximum atomic E-state index is 12.4. The molecule has 2 atom stereocenters. The van der Waals surface area contributed by atoms with Crippen LogP contribution in [0.15, 0.2) is 24.3 Å². The van der Waals surface area contributed by atoms with Gasteiger partial charge in [-0.15, -0.1) is 0 Å². The standard InChI is InChI=1S/C20H31N3O3/c1-4-5-12-21-20(25)16-7-6-15(2)23(13-16)14-19(24)22-17-8-10-18(26-3)11-9-17/h8-11,15-16H,4-7,12-14H2,1-3H3,(H,21,25)(H,22,24)/t15-,16-/m0/s1. The van der Waals surface area contributed by atoms with Gasteiger partial charge in [-0.1, -0.05) is 13.3 Å². The third kappa shape index (κ3) is 6.02. The van der Waals surface area contributed by atoms with Gasteiger partial charge in [-0.05, 0) is 50.5 Å². The molecule has 0 saturated carbocycles. The molecule has 6 nitrogen and oxygen atoms in total. The zero-order chi connectivity index (χ0) is 18.9. The number of likely N-dealkylation sites (tertiary alicyclic amines) is 1. The van der Waals surface area contributed by atoms with E-state index in [1.165, 1.54) is 0 Å². The molecule has 0 unspecified atom stereocenters. The van der Waals surface area contributed by atoms with E-state index in [2.05, 4.69) is 29.4 Å². The molecule has 1 aliphatic heterocycles. The minimum Gasteiger partial charge on any atom is -0.497 e. The largest absolute Gasteiger partial charge is 0.497 e. The monoisotopic (exact) mass is 361 g/mol. The van der Waals surface area contributed by atoms with Crippen molar-refractivity contribution < 1.29 is 14.3 Å². The highest BCUT2D eigenvalue weighted by Crippen LogP contribution is 2.22. The Balaban J connectivity index is 1.85. The summed E-state index contributed by atoms with van der Waals surface area (Å²) in [6.07, 6.45) is 3.89. The third-order valence-electron chi connectivity index (χ3n) is 4.93. The summed E-state index contributed by atoms with van der Waals surface area (Å²) in [6.45, 7) is 5.89. The van der Waals surface area contributed by atoms with Crippen molar-refractivity contribution in [1.29, 1.82) is 0 Å². The van der Waals surface area contributed by atoms with Crippen LogP contribution in [-0.4, -0.2) is 49.5 Å². The number of hydrogen-bond acceptors (Lipinski definition) is 4. The molecule has 2 rings (SSSR count). The molecule has 26 heavy (non-hydrogen) atoms. The molecule has 1 fully saturated rings. The molecule has 0 bridgehead atoms. The van der Waals surface area contributed by atoms with Crippen molar-refractivity contribution in [1.82, 2.24) is 10.2 Å². The number of nitrogens with zero attached hydrogens (tertiary/aromatic N) is 1. The Bertz CT molecular complexity index is 588. The van der Waals surface area contributed by atoms with Crippen LogP contribution in [0.4, 0.5) is 5.69 Å². The number of ether oxygens (including phenoxy) is 1. The Kier molecular flexibility index (Phi) is 7.91. The Morgan fingerprint density at radius 1 is 1.23 bits per heavy atom. The van der Waals surface area contributed by atoms with E-state index >= 15 is 0 Å². The molecular weight excluding hydrogens is 330 g/mol. The number of anilines is 1. The second-order valence-corrected chi connectivity index (χ2v) is 6.97. The fraction of sp³-hybridized carbons (Fsp3) is 0.600. The van der Waals surface area contributed by atoms with Gasteiger partial charge in [0.2, 0.25) is 11.8 Å². The van der Waals surface area contributed by atoms with E-state index in [-0.39, 0.29) is 17.7 Å². The summed E-state index contributed by atoms with van der Waals surface area (Å²) in [5, 5.41) is 5.92. The number of amides is 2. The number of carbonyl (C=O) groups is 2. The van der Waals surface area contributed by atoms with Crippen LogP contribution in [0.1, 0.15) is 39.5 Å². The van der Waals surface area contributed by atoms with Gasteiger partial charge in [0, 0.05) is 24.8 Å². The van der Waals surface area contributed by atoms with E-state index in [0.29, 0.717) is 19.1 Å². The molecule has 0 radical (unpaired) electrons. The van der Waals surface area contributed by atoms with Crippen molar-refractivity contribution in [3.8, 4) is 5.75 Å². The van der Waals surface area contributed by atoms with E-state index in [9.17, 15) is 9.59 Å². The van der Waals surface area contributed by atoms with E-state index in [1.807, 2.05) is 24.3 Å². The summed E-state index contributed by atoms with van der Waals surface area (Å²) in [5.74, 6) is 0.779. The van der Waals surface area contributed by atoms with Crippen molar-refractivity contribution in [2.75, 3.05) is 32.1 Å². The van der Waals surface area contributed by atoms with Crippen LogP contribution in [0.5, 0.6) is 5.75 Å². The number of hydrogen-bond donors (Lipinski definition) is 2. The summed E-state index contributed by atoms with van der Waals surface area (Å²) in [5.41, 5.74) is 0.745. The average Bonchev–Trinajstić information content (AvgIpc) is 2.64. The first kappa shape index (κ1) is 20.2. The second-order valence-electron chi connectivity index (χ2n) is 6.97. The topological polar surface area (TPSA) is 70.7 Å². The molecule has 1 aliphatic rings. The van der Waals surface area contributed by atoms with E-state index in [0.717, 1.165) is 43.7 Å². The summed E-state index contributed by atoms with van der Waals surface area (Å²) in [7, 11) is 1.61. The van der Waals surface area contributed by atoms with Gasteiger partial charge >= 0.3 is 0 Å². The zero-order valence-electron chi connectivity index (χ0n) is 16.1. The second kappa shape index (κ2) is 10.2. The molecule has 0 aromatic heterocycles. The molecule has 6 heteroatoms. The summed E-state index contributed by atoms with van der Waals surface area (Å²) in [6, 6.07) is 7.57. The molecule has 1 saturated heterocycles. The lowest BCUT2D eigenvalue weighted by Gasteiger charge is -2.36. The molecular formula is C20H31N3O3. The molecule has 0 aliphatic carbocycles. The van der Waals surface area contributed by atoms with Gasteiger partial charge in [-0.2, -0.15) is 0 Å². The maximum Gasteiger partial charge on any atom is 0.238 e. The van der Waals surface area contributed by atoms with Crippen LogP contribution < -0.4 is 15.4 Å². The van der Waals surface area contributed by atoms with Crippen molar-refractivity contribution in [3.63, 3.8) is 0 Å². The lowest BCUT2D eigenvalue weighted by molar-refractivity contribution is -0.128. The Hall–Kier alpha value is -2.08. The lowest BCUT2D eigenvalue weighted by Crippen LogP contribution is -2.49. The van der Waals surface area contributed by atoms with Crippen LogP contribution in [-0.2, 0) is 9.59 Å². The maximum absolute atomic E-state index is 12.4. The fourth-order valence-corrected chi connectivity index (χ4v) is 3.21. The highest BCUT2D eigenvalue weighted by molar-refractivity contribution is 5.92. The third-order valence-corrected chi connectivity index (χ3v) is 4.93. The number of benzene rings is 1. The van der Waals surface area contributed by atoms with Crippen molar-refractivity contribution in [3.05, 3.63) is 24.3 Å². The molecule has 2 N–H and O–H groups in total. The van der Waals surface area contributed by atoms with Gasteiger partial charge in [0.1, 0.15) is 5.75 Å². The average molecular weight is 361 g/mol. The normalized spacial score (nSPS) is 20.4. The minimum atomic E-state index is -0.0611. The van der Waals surface area contributed by atoms with Crippen molar-refractivity contribution in [2.24, 2.45) is 5.92 Å². The molecule has 1 aromatic rings. The number of rotatable bonds is 8. The number of unbranched alkanes of at least 4 members (excludes halogenated alkanes) is 1. The van der Waals surface area contributed by atoms with Crippen LogP contribution in [0.2, 0.25) is 0 Å². The predicted molar refractivity (Wildman–Crippen MR) is 103 cm³/mol. The first-order valence-electron chi connectivity index (χ1n) is 9.49.